The standard InChI is InChI=1S/C13H17NO8S/c1-4-20-10(15)8-7-14-13(9(8)23(18)19,11(16)21-5-2)12(17)22-6-3/h7,14H,4-6H2,1-3H3. The molecule has 0 saturated heterocycles. The average Bonchev–Trinajstić information content (AvgIpc) is 2.89. The first-order valence-corrected chi connectivity index (χ1v) is 7.90. The lowest BCUT2D eigenvalue weighted by Crippen LogP contribution is -2.61. The number of esters is 3. The second kappa shape index (κ2) is 7.77. The van der Waals surface area contributed by atoms with Crippen molar-refractivity contribution in [3.05, 3.63) is 11.8 Å². The summed E-state index contributed by atoms with van der Waals surface area (Å²) in [4.78, 5) is 35.6. The van der Waals surface area contributed by atoms with Crippen LogP contribution in [0.3, 0.4) is 0 Å². The van der Waals surface area contributed by atoms with Crippen molar-refractivity contribution in [1.29, 1.82) is 0 Å². The number of carbonyl (C=O) groups excluding carboxylic acids is 3. The Hall–Kier alpha value is -2.36. The Morgan fingerprint density at radius 1 is 1.00 bits per heavy atom. The Kier molecular flexibility index (Phi) is 6.31. The molecule has 0 spiro atoms. The van der Waals surface area contributed by atoms with Crippen molar-refractivity contribution < 1.29 is 37.0 Å². The summed E-state index contributed by atoms with van der Waals surface area (Å²) in [7, 11) is -3.08. The Balaban J connectivity index is 3.49. The zero-order chi connectivity index (χ0) is 17.6. The van der Waals surface area contributed by atoms with Gasteiger partial charge in [0.05, 0.1) is 25.4 Å². The van der Waals surface area contributed by atoms with Gasteiger partial charge in [0.25, 0.3) is 5.54 Å². The normalized spacial score (nSPS) is 15.3. The summed E-state index contributed by atoms with van der Waals surface area (Å²) >= 11 is 0. The highest BCUT2D eigenvalue weighted by Gasteiger charge is 2.59. The van der Waals surface area contributed by atoms with E-state index in [0.717, 1.165) is 6.20 Å². The van der Waals surface area contributed by atoms with Crippen molar-refractivity contribution >= 4 is 33.1 Å². The first-order chi connectivity index (χ1) is 10.9. The Morgan fingerprint density at radius 3 is 1.87 bits per heavy atom. The molecule has 0 aliphatic carbocycles. The molecule has 128 valence electrons. The minimum atomic E-state index is -3.08. The minimum absolute atomic E-state index is 0.0131. The number of nitrogens with one attached hydrogen (secondary N) is 1. The van der Waals surface area contributed by atoms with Gasteiger partial charge in [-0.1, -0.05) is 0 Å². The smallest absolute Gasteiger partial charge is 0.349 e. The Bertz CT molecular complexity index is 650. The molecule has 0 aromatic carbocycles. The van der Waals surface area contributed by atoms with E-state index < -0.39 is 44.2 Å². The number of ether oxygens (including phenoxy) is 3. The summed E-state index contributed by atoms with van der Waals surface area (Å²) in [5, 5.41) is 2.32. The van der Waals surface area contributed by atoms with Crippen LogP contribution < -0.4 is 5.32 Å². The van der Waals surface area contributed by atoms with Gasteiger partial charge >= 0.3 is 17.9 Å². The van der Waals surface area contributed by atoms with Crippen LogP contribution in [0.4, 0.5) is 0 Å². The van der Waals surface area contributed by atoms with Crippen LogP contribution >= 0.6 is 0 Å². The van der Waals surface area contributed by atoms with Crippen molar-refractivity contribution in [2.45, 2.75) is 26.3 Å². The molecule has 1 heterocycles. The summed E-state index contributed by atoms with van der Waals surface area (Å²) in [6, 6.07) is 0. The monoisotopic (exact) mass is 347 g/mol. The number of hydrogen-bond donors (Lipinski definition) is 1. The lowest BCUT2D eigenvalue weighted by Gasteiger charge is -2.25. The van der Waals surface area contributed by atoms with Crippen LogP contribution in [0.25, 0.3) is 0 Å². The van der Waals surface area contributed by atoms with Crippen molar-refractivity contribution in [3.8, 4) is 0 Å². The highest BCUT2D eigenvalue weighted by Crippen LogP contribution is 2.25. The van der Waals surface area contributed by atoms with E-state index in [0.29, 0.717) is 0 Å². The molecule has 0 atom stereocenters. The zero-order valence-electron chi connectivity index (χ0n) is 12.9. The number of carbonyl (C=O) groups is 3. The maximum atomic E-state index is 12.3. The van der Waals surface area contributed by atoms with E-state index in [-0.39, 0.29) is 19.8 Å². The van der Waals surface area contributed by atoms with Crippen LogP contribution in [-0.2, 0) is 38.9 Å². The zero-order valence-corrected chi connectivity index (χ0v) is 13.7. The van der Waals surface area contributed by atoms with Gasteiger partial charge < -0.3 is 19.5 Å². The van der Waals surface area contributed by atoms with Crippen LogP contribution in [0.5, 0.6) is 0 Å². The largest absolute Gasteiger partial charge is 0.464 e. The van der Waals surface area contributed by atoms with Gasteiger partial charge in [0.15, 0.2) is 0 Å². The maximum Gasteiger partial charge on any atom is 0.349 e. The van der Waals surface area contributed by atoms with Crippen molar-refractivity contribution in [1.82, 2.24) is 5.32 Å². The predicted octanol–water partition coefficient (Wildman–Crippen LogP) is -1.05. The highest BCUT2D eigenvalue weighted by atomic mass is 32.2. The van der Waals surface area contributed by atoms with Gasteiger partial charge in [-0.15, -0.1) is 0 Å². The second-order valence-corrected chi connectivity index (χ2v) is 5.06. The predicted molar refractivity (Wildman–Crippen MR) is 77.8 cm³/mol. The van der Waals surface area contributed by atoms with Gasteiger partial charge in [0.2, 0.25) is 10.3 Å². The van der Waals surface area contributed by atoms with Crippen molar-refractivity contribution in [2.24, 2.45) is 0 Å². The molecule has 0 bridgehead atoms. The summed E-state index contributed by atoms with van der Waals surface area (Å²) in [5.41, 5.74) is -2.91. The molecule has 0 saturated carbocycles. The van der Waals surface area contributed by atoms with Crippen molar-refractivity contribution in [3.63, 3.8) is 0 Å². The molecule has 0 aromatic rings. The maximum absolute atomic E-state index is 12.3. The first kappa shape index (κ1) is 18.7. The highest BCUT2D eigenvalue weighted by molar-refractivity contribution is 7.74. The van der Waals surface area contributed by atoms with E-state index in [9.17, 15) is 22.8 Å². The van der Waals surface area contributed by atoms with E-state index in [4.69, 9.17) is 14.2 Å². The fourth-order valence-corrected chi connectivity index (χ4v) is 2.75. The van der Waals surface area contributed by atoms with E-state index in [1.54, 1.807) is 0 Å². The topological polar surface area (TPSA) is 125 Å². The lowest BCUT2D eigenvalue weighted by molar-refractivity contribution is -0.160. The Morgan fingerprint density at radius 2 is 1.48 bits per heavy atom. The third-order valence-corrected chi connectivity index (χ3v) is 3.70. The quantitative estimate of drug-likeness (QED) is 0.277. The molecular weight excluding hydrogens is 330 g/mol. The second-order valence-electron chi connectivity index (χ2n) is 4.18. The lowest BCUT2D eigenvalue weighted by atomic mass is 9.94. The van der Waals surface area contributed by atoms with Gasteiger partial charge in [-0.2, -0.15) is 8.42 Å². The van der Waals surface area contributed by atoms with Gasteiger partial charge in [-0.05, 0) is 20.8 Å². The molecule has 10 heteroatoms. The van der Waals surface area contributed by atoms with Gasteiger partial charge in [-0.3, -0.25) is 0 Å². The van der Waals surface area contributed by atoms with Gasteiger partial charge in [0.1, 0.15) is 4.86 Å². The molecule has 1 aliphatic rings. The van der Waals surface area contributed by atoms with Crippen molar-refractivity contribution in [2.75, 3.05) is 19.8 Å². The van der Waals surface area contributed by atoms with Gasteiger partial charge in [-0.25, -0.2) is 14.4 Å². The van der Waals surface area contributed by atoms with Crippen LogP contribution in [0.15, 0.2) is 11.8 Å². The summed E-state index contributed by atoms with van der Waals surface area (Å²) in [5.74, 6) is -3.36. The summed E-state index contributed by atoms with van der Waals surface area (Å²) in [6.07, 6.45) is 0.928. The SMILES string of the molecule is CCOC(=O)C1=CNC(C(=O)OCC)(C(=O)OCC)C1=S(=O)=O. The third-order valence-electron chi connectivity index (χ3n) is 2.84. The molecule has 23 heavy (non-hydrogen) atoms. The minimum Gasteiger partial charge on any atom is -0.464 e. The molecule has 1 aliphatic heterocycles. The molecule has 0 unspecified atom stereocenters. The third kappa shape index (κ3) is 3.36. The molecule has 0 radical (unpaired) electrons. The molecule has 0 aromatic heterocycles. The summed E-state index contributed by atoms with van der Waals surface area (Å²) in [6.45, 7) is 4.28. The van der Waals surface area contributed by atoms with Crippen LogP contribution in [0.2, 0.25) is 0 Å². The molecule has 9 nitrogen and oxygen atoms in total. The average molecular weight is 347 g/mol. The first-order valence-electron chi connectivity index (χ1n) is 6.83. The molecular formula is C13H17NO8S. The van der Waals surface area contributed by atoms with Gasteiger partial charge in [0, 0.05) is 6.20 Å². The number of rotatable bonds is 6. The van der Waals surface area contributed by atoms with Crippen LogP contribution in [0.1, 0.15) is 20.8 Å². The summed E-state index contributed by atoms with van der Waals surface area (Å²) < 4.78 is 37.5. The van der Waals surface area contributed by atoms with E-state index in [2.05, 4.69) is 5.32 Å². The molecule has 0 amide bonds. The fraction of sp³-hybridized carbons (Fsp3) is 0.538. The number of hydrogen-bond acceptors (Lipinski definition) is 9. The molecule has 1 N–H and O–H groups in total. The van der Waals surface area contributed by atoms with E-state index in [1.807, 2.05) is 0 Å². The Labute approximate surface area is 134 Å². The molecule has 1 rings (SSSR count). The van der Waals surface area contributed by atoms with Crippen LogP contribution in [0, 0.1) is 0 Å². The van der Waals surface area contributed by atoms with E-state index in [1.165, 1.54) is 20.8 Å². The van der Waals surface area contributed by atoms with Crippen LogP contribution in [-0.4, -0.2) is 56.5 Å². The fourth-order valence-electron chi connectivity index (χ4n) is 1.95. The molecule has 0 fully saturated rings. The van der Waals surface area contributed by atoms with E-state index >= 15 is 0 Å².